The van der Waals surface area contributed by atoms with E-state index in [1.54, 1.807) is 0 Å². The number of rotatable bonds is 2. The van der Waals surface area contributed by atoms with E-state index < -0.39 is 24.2 Å². The van der Waals surface area contributed by atoms with Gasteiger partial charge in [0.15, 0.2) is 0 Å². The number of benzene rings is 1. The Morgan fingerprint density at radius 3 is 2.39 bits per heavy atom. The van der Waals surface area contributed by atoms with Crippen LogP contribution in [0, 0.1) is 5.82 Å². The first kappa shape index (κ1) is 12.6. The average molecular weight is 260 g/mol. The van der Waals surface area contributed by atoms with Crippen molar-refractivity contribution in [3.8, 4) is 11.3 Å². The van der Waals surface area contributed by atoms with Gasteiger partial charge in [-0.15, -0.1) is 0 Å². The van der Waals surface area contributed by atoms with Crippen molar-refractivity contribution >= 4 is 0 Å². The molecule has 1 aromatic carbocycles. The Morgan fingerprint density at radius 2 is 1.83 bits per heavy atom. The van der Waals surface area contributed by atoms with Crippen molar-refractivity contribution < 1.29 is 27.1 Å². The van der Waals surface area contributed by atoms with Crippen LogP contribution in [0.1, 0.15) is 11.3 Å². The third-order valence-electron chi connectivity index (χ3n) is 2.38. The van der Waals surface area contributed by atoms with Crippen LogP contribution in [0.4, 0.5) is 17.6 Å². The molecule has 0 aliphatic heterocycles. The molecule has 1 N–H and O–H groups in total. The Balaban J connectivity index is 2.49. The molecule has 18 heavy (non-hydrogen) atoms. The van der Waals surface area contributed by atoms with Crippen molar-refractivity contribution in [1.82, 2.24) is 0 Å². The van der Waals surface area contributed by atoms with Crippen molar-refractivity contribution in [3.05, 3.63) is 47.5 Å². The first-order valence-electron chi connectivity index (χ1n) is 4.98. The molecule has 0 unspecified atom stereocenters. The van der Waals surface area contributed by atoms with E-state index in [4.69, 9.17) is 9.52 Å². The van der Waals surface area contributed by atoms with Crippen molar-refractivity contribution in [1.29, 1.82) is 0 Å². The zero-order chi connectivity index (χ0) is 13.3. The van der Waals surface area contributed by atoms with Gasteiger partial charge in [0, 0.05) is 0 Å². The first-order chi connectivity index (χ1) is 8.41. The number of furan rings is 1. The smallest absolute Gasteiger partial charge is 0.416 e. The summed E-state index contributed by atoms with van der Waals surface area (Å²) in [7, 11) is 0. The molecule has 96 valence electrons. The first-order valence-corrected chi connectivity index (χ1v) is 4.98. The fraction of sp³-hybridized carbons (Fsp3) is 0.167. The zero-order valence-electron chi connectivity index (χ0n) is 8.96. The van der Waals surface area contributed by atoms with Crippen LogP contribution in [0.3, 0.4) is 0 Å². The standard InChI is InChI=1S/C12H8F4O2/c13-10-3-1-7(12(14,15)16)5-9(10)11-4-2-8(6-17)18-11/h1-5,17H,6H2. The fourth-order valence-electron chi connectivity index (χ4n) is 1.50. The number of alkyl halides is 3. The highest BCUT2D eigenvalue weighted by molar-refractivity contribution is 5.59. The van der Waals surface area contributed by atoms with Crippen molar-refractivity contribution in [2.24, 2.45) is 0 Å². The van der Waals surface area contributed by atoms with E-state index in [0.29, 0.717) is 12.1 Å². The van der Waals surface area contributed by atoms with Gasteiger partial charge in [-0.2, -0.15) is 13.2 Å². The van der Waals surface area contributed by atoms with Gasteiger partial charge in [-0.3, -0.25) is 0 Å². The molecule has 2 rings (SSSR count). The molecular weight excluding hydrogens is 252 g/mol. The molecule has 6 heteroatoms. The summed E-state index contributed by atoms with van der Waals surface area (Å²) in [5.41, 5.74) is -1.25. The van der Waals surface area contributed by atoms with Crippen LogP contribution in [0.15, 0.2) is 34.7 Å². The predicted octanol–water partition coefficient (Wildman–Crippen LogP) is 3.60. The Morgan fingerprint density at radius 1 is 1.11 bits per heavy atom. The SMILES string of the molecule is OCc1ccc(-c2cc(C(F)(F)F)ccc2F)o1. The minimum absolute atomic E-state index is 0.0531. The van der Waals surface area contributed by atoms with E-state index >= 15 is 0 Å². The number of halogens is 4. The van der Waals surface area contributed by atoms with Crippen LogP contribution >= 0.6 is 0 Å². The quantitative estimate of drug-likeness (QED) is 0.837. The molecule has 2 nitrogen and oxygen atoms in total. The molecule has 0 aliphatic carbocycles. The Hall–Kier alpha value is -1.82. The molecule has 0 fully saturated rings. The van der Waals surface area contributed by atoms with E-state index in [0.717, 1.165) is 6.07 Å². The van der Waals surface area contributed by atoms with E-state index in [1.165, 1.54) is 12.1 Å². The molecule has 0 atom stereocenters. The summed E-state index contributed by atoms with van der Waals surface area (Å²) in [5.74, 6) is -0.716. The van der Waals surface area contributed by atoms with Crippen LogP contribution in [-0.2, 0) is 12.8 Å². The Kier molecular flexibility index (Phi) is 3.13. The summed E-state index contributed by atoms with van der Waals surface area (Å²) in [6, 6.07) is 4.75. The molecule has 0 aliphatic rings. The summed E-state index contributed by atoms with van der Waals surface area (Å²) < 4.78 is 56.0. The number of aliphatic hydroxyl groups is 1. The molecule has 1 heterocycles. The minimum atomic E-state index is -4.55. The molecule has 0 amide bonds. The van der Waals surface area contributed by atoms with Crippen LogP contribution in [0.25, 0.3) is 11.3 Å². The van der Waals surface area contributed by atoms with E-state index in [9.17, 15) is 17.6 Å². The number of hydrogen-bond donors (Lipinski definition) is 1. The second-order valence-electron chi connectivity index (χ2n) is 3.62. The van der Waals surface area contributed by atoms with Gasteiger partial charge in [-0.05, 0) is 30.3 Å². The summed E-state index contributed by atoms with van der Waals surface area (Å²) in [4.78, 5) is 0. The predicted molar refractivity (Wildman–Crippen MR) is 55.0 cm³/mol. The van der Waals surface area contributed by atoms with Gasteiger partial charge < -0.3 is 9.52 Å². The van der Waals surface area contributed by atoms with Gasteiger partial charge >= 0.3 is 6.18 Å². The van der Waals surface area contributed by atoms with E-state index in [1.807, 2.05) is 0 Å². The molecule has 0 saturated heterocycles. The summed E-state index contributed by atoms with van der Waals surface area (Å²) in [5, 5.41) is 8.78. The lowest BCUT2D eigenvalue weighted by Crippen LogP contribution is -2.05. The Labute approximate surface area is 99.5 Å². The Bertz CT molecular complexity index is 557. The molecule has 0 saturated carbocycles. The monoisotopic (exact) mass is 260 g/mol. The van der Waals surface area contributed by atoms with Gasteiger partial charge in [-0.25, -0.2) is 4.39 Å². The summed E-state index contributed by atoms with van der Waals surface area (Å²) >= 11 is 0. The maximum atomic E-state index is 13.5. The topological polar surface area (TPSA) is 33.4 Å². The highest BCUT2D eigenvalue weighted by atomic mass is 19.4. The van der Waals surface area contributed by atoms with Gasteiger partial charge in [0.2, 0.25) is 0 Å². The lowest BCUT2D eigenvalue weighted by Gasteiger charge is -2.08. The summed E-state index contributed by atoms with van der Waals surface area (Å²) in [6.45, 7) is -0.402. The van der Waals surface area contributed by atoms with Gasteiger partial charge in [0.25, 0.3) is 0 Å². The number of aliphatic hydroxyl groups excluding tert-OH is 1. The van der Waals surface area contributed by atoms with E-state index in [-0.39, 0.29) is 17.1 Å². The largest absolute Gasteiger partial charge is 0.459 e. The molecule has 0 radical (unpaired) electrons. The molecule has 1 aromatic heterocycles. The minimum Gasteiger partial charge on any atom is -0.459 e. The molecule has 0 spiro atoms. The van der Waals surface area contributed by atoms with Crippen LogP contribution in [0.5, 0.6) is 0 Å². The summed E-state index contributed by atoms with van der Waals surface area (Å²) in [6.07, 6.45) is -4.55. The average Bonchev–Trinajstić information content (AvgIpc) is 2.76. The maximum absolute atomic E-state index is 13.5. The number of hydrogen-bond acceptors (Lipinski definition) is 2. The molecular formula is C12H8F4O2. The van der Waals surface area contributed by atoms with Gasteiger partial charge in [-0.1, -0.05) is 0 Å². The second kappa shape index (κ2) is 4.45. The third-order valence-corrected chi connectivity index (χ3v) is 2.38. The second-order valence-corrected chi connectivity index (χ2v) is 3.62. The lowest BCUT2D eigenvalue weighted by atomic mass is 10.1. The van der Waals surface area contributed by atoms with Crippen LogP contribution in [-0.4, -0.2) is 5.11 Å². The van der Waals surface area contributed by atoms with Gasteiger partial charge in [0.1, 0.15) is 23.9 Å². The molecule has 0 bridgehead atoms. The van der Waals surface area contributed by atoms with Crippen molar-refractivity contribution in [2.45, 2.75) is 12.8 Å². The maximum Gasteiger partial charge on any atom is 0.416 e. The molecule has 2 aromatic rings. The normalized spacial score (nSPS) is 11.8. The fourth-order valence-corrected chi connectivity index (χ4v) is 1.50. The highest BCUT2D eigenvalue weighted by Gasteiger charge is 2.31. The van der Waals surface area contributed by atoms with Crippen molar-refractivity contribution in [2.75, 3.05) is 0 Å². The van der Waals surface area contributed by atoms with Crippen LogP contribution < -0.4 is 0 Å². The van der Waals surface area contributed by atoms with Crippen molar-refractivity contribution in [3.63, 3.8) is 0 Å². The zero-order valence-corrected chi connectivity index (χ0v) is 8.96. The van der Waals surface area contributed by atoms with Crippen LogP contribution in [0.2, 0.25) is 0 Å². The van der Waals surface area contributed by atoms with E-state index in [2.05, 4.69) is 0 Å². The lowest BCUT2D eigenvalue weighted by molar-refractivity contribution is -0.137. The third kappa shape index (κ3) is 2.38. The van der Waals surface area contributed by atoms with Gasteiger partial charge in [0.05, 0.1) is 11.1 Å². The highest BCUT2D eigenvalue weighted by Crippen LogP contribution is 2.34.